The summed E-state index contributed by atoms with van der Waals surface area (Å²) in [7, 11) is 0. The van der Waals surface area contributed by atoms with Crippen molar-refractivity contribution in [3.05, 3.63) is 0 Å². The zero-order valence-corrected chi connectivity index (χ0v) is 45.5. The molecule has 3 unspecified atom stereocenters. The van der Waals surface area contributed by atoms with Crippen LogP contribution < -0.4 is 0 Å². The van der Waals surface area contributed by atoms with E-state index < -0.39 is 0 Å². The highest BCUT2D eigenvalue weighted by Crippen LogP contribution is 2.27. The molecule has 0 spiro atoms. The zero-order chi connectivity index (χ0) is 46.1. The molecule has 3 atom stereocenters. The predicted molar refractivity (Wildman–Crippen MR) is 294 cm³/mol. The van der Waals surface area contributed by atoms with E-state index in [1.54, 1.807) is 0 Å². The minimum Gasteiger partial charge on any atom is -0.303 e. The summed E-state index contributed by atoms with van der Waals surface area (Å²) in [5.41, 5.74) is 0. The van der Waals surface area contributed by atoms with E-state index >= 15 is 0 Å². The zero-order valence-electron chi connectivity index (χ0n) is 45.5. The molecule has 0 aliphatic carbocycles. The fourth-order valence-corrected chi connectivity index (χ4v) is 13.3. The highest BCUT2D eigenvalue weighted by atomic mass is 15.2. The lowest BCUT2D eigenvalue weighted by molar-refractivity contribution is 0.138. The molecule has 0 aromatic rings. The van der Waals surface area contributed by atoms with E-state index in [2.05, 4.69) is 26.5 Å². The molecule has 0 saturated carbocycles. The van der Waals surface area contributed by atoms with Crippen molar-refractivity contribution in [1.29, 1.82) is 0 Å². The summed E-state index contributed by atoms with van der Waals surface area (Å²) >= 11 is 0. The van der Waals surface area contributed by atoms with Crippen LogP contribution in [0.3, 0.4) is 0 Å². The number of hydrogen-bond acceptors (Lipinski definition) is 4. The summed E-state index contributed by atoms with van der Waals surface area (Å²) < 4.78 is 0. The van der Waals surface area contributed by atoms with Crippen LogP contribution in [0.15, 0.2) is 0 Å². The third-order valence-electron chi connectivity index (χ3n) is 17.7. The molecule has 4 heteroatoms. The third kappa shape index (κ3) is 29.9. The first-order valence-corrected chi connectivity index (χ1v) is 31.8. The van der Waals surface area contributed by atoms with Gasteiger partial charge in [0.15, 0.2) is 0 Å². The highest BCUT2D eigenvalue weighted by Gasteiger charge is 2.24. The molecule has 66 heavy (non-hydrogen) atoms. The van der Waals surface area contributed by atoms with Crippen molar-refractivity contribution in [2.45, 2.75) is 340 Å². The van der Waals surface area contributed by atoms with Gasteiger partial charge in [-0.3, -0.25) is 0 Å². The molecule has 4 rings (SSSR count). The van der Waals surface area contributed by atoms with Crippen molar-refractivity contribution in [3.63, 3.8) is 0 Å². The molecule has 0 aromatic heterocycles. The van der Waals surface area contributed by atoms with Crippen LogP contribution in [0, 0.1) is 0 Å². The van der Waals surface area contributed by atoms with Crippen molar-refractivity contribution < 1.29 is 0 Å². The van der Waals surface area contributed by atoms with Crippen molar-refractivity contribution >= 4 is 0 Å². The Morgan fingerprint density at radius 3 is 0.712 bits per heavy atom. The van der Waals surface area contributed by atoms with Gasteiger partial charge in [0, 0.05) is 18.1 Å². The van der Waals surface area contributed by atoms with E-state index in [0.29, 0.717) is 0 Å². The number of nitrogens with zero attached hydrogens (tertiary/aromatic N) is 4. The Kier molecular flexibility index (Phi) is 37.6. The van der Waals surface area contributed by atoms with Crippen molar-refractivity contribution in [2.24, 2.45) is 0 Å². The molecule has 4 fully saturated rings. The molecule has 4 heterocycles. The number of rotatable bonds is 20. The molecule has 0 N–H and O–H groups in total. The molecule has 0 amide bonds. The van der Waals surface area contributed by atoms with E-state index in [1.165, 1.54) is 374 Å². The second kappa shape index (κ2) is 42.5. The summed E-state index contributed by atoms with van der Waals surface area (Å²) in [6.07, 6.45) is 71.6. The molecule has 4 saturated heterocycles. The van der Waals surface area contributed by atoms with Crippen LogP contribution in [0.25, 0.3) is 0 Å². The molecule has 4 aliphatic heterocycles. The second-order valence-corrected chi connectivity index (χ2v) is 23.5. The SMILES string of the molecule is CCCCC(CCCCC(CCCC(CCCCN1CCCCCCCCCCC1)N1CCCCCCCCCCC1)N1CCCCCCCCCCC1)N1CCCCCCCCCCC1. The molecule has 4 aliphatic rings. The summed E-state index contributed by atoms with van der Waals surface area (Å²) in [6, 6.07) is 2.45. The Labute approximate surface area is 416 Å². The average molecular weight is 924 g/mol. The van der Waals surface area contributed by atoms with Crippen LogP contribution in [0.5, 0.6) is 0 Å². The lowest BCUT2D eigenvalue weighted by Gasteiger charge is -2.35. The van der Waals surface area contributed by atoms with Crippen molar-refractivity contribution in [2.75, 3.05) is 58.9 Å². The minimum absolute atomic E-state index is 0.810. The van der Waals surface area contributed by atoms with Gasteiger partial charge in [-0.25, -0.2) is 0 Å². The predicted octanol–water partition coefficient (Wildman–Crippen LogP) is 18.5. The highest BCUT2D eigenvalue weighted by molar-refractivity contribution is 4.80. The van der Waals surface area contributed by atoms with Gasteiger partial charge >= 0.3 is 0 Å². The topological polar surface area (TPSA) is 13.0 Å². The number of hydrogen-bond donors (Lipinski definition) is 0. The Balaban J connectivity index is 1.40. The maximum atomic E-state index is 3.11. The van der Waals surface area contributed by atoms with Gasteiger partial charge in [-0.05, 0) is 155 Å². The fraction of sp³-hybridized carbons (Fsp3) is 1.00. The Hall–Kier alpha value is -0.160. The maximum absolute atomic E-state index is 3.11. The normalized spacial score (nSPS) is 24.3. The van der Waals surface area contributed by atoms with Crippen LogP contribution in [-0.2, 0) is 0 Å². The van der Waals surface area contributed by atoms with E-state index in [9.17, 15) is 0 Å². The van der Waals surface area contributed by atoms with Crippen LogP contribution in [-0.4, -0.2) is 96.6 Å². The lowest BCUT2D eigenvalue weighted by Crippen LogP contribution is -2.39. The van der Waals surface area contributed by atoms with Crippen LogP contribution in [0.4, 0.5) is 0 Å². The molecular formula is C62H122N4. The molecule has 0 radical (unpaired) electrons. The second-order valence-electron chi connectivity index (χ2n) is 23.5. The van der Waals surface area contributed by atoms with E-state index in [0.717, 1.165) is 18.1 Å². The van der Waals surface area contributed by atoms with E-state index in [-0.39, 0.29) is 0 Å². The quantitative estimate of drug-likeness (QED) is 0.113. The largest absolute Gasteiger partial charge is 0.303 e. The Bertz CT molecular complexity index is 970. The van der Waals surface area contributed by atoms with E-state index in [4.69, 9.17) is 0 Å². The fourth-order valence-electron chi connectivity index (χ4n) is 13.3. The van der Waals surface area contributed by atoms with Crippen molar-refractivity contribution in [1.82, 2.24) is 19.6 Å². The Morgan fingerprint density at radius 2 is 0.439 bits per heavy atom. The minimum atomic E-state index is 0.810. The van der Waals surface area contributed by atoms with Gasteiger partial charge in [-0.2, -0.15) is 0 Å². The van der Waals surface area contributed by atoms with E-state index in [1.807, 2.05) is 0 Å². The summed E-state index contributed by atoms with van der Waals surface area (Å²) in [6.45, 7) is 14.8. The van der Waals surface area contributed by atoms with Gasteiger partial charge in [0.1, 0.15) is 0 Å². The molecular weight excluding hydrogens is 801 g/mol. The van der Waals surface area contributed by atoms with Gasteiger partial charge in [-0.1, -0.05) is 225 Å². The van der Waals surface area contributed by atoms with Gasteiger partial charge in [-0.15, -0.1) is 0 Å². The van der Waals surface area contributed by atoms with Crippen LogP contribution in [0.2, 0.25) is 0 Å². The third-order valence-corrected chi connectivity index (χ3v) is 17.7. The first kappa shape index (κ1) is 58.4. The molecule has 4 nitrogen and oxygen atoms in total. The maximum Gasteiger partial charge on any atom is 0.00952 e. The average Bonchev–Trinajstić information content (AvgIpc) is 3.30. The monoisotopic (exact) mass is 923 g/mol. The smallest absolute Gasteiger partial charge is 0.00952 e. The first-order chi connectivity index (χ1) is 32.8. The van der Waals surface area contributed by atoms with Crippen LogP contribution >= 0.6 is 0 Å². The van der Waals surface area contributed by atoms with Gasteiger partial charge in [0.25, 0.3) is 0 Å². The van der Waals surface area contributed by atoms with Gasteiger partial charge in [0.05, 0.1) is 0 Å². The van der Waals surface area contributed by atoms with Gasteiger partial charge in [0.2, 0.25) is 0 Å². The molecule has 0 bridgehead atoms. The van der Waals surface area contributed by atoms with Crippen molar-refractivity contribution in [3.8, 4) is 0 Å². The first-order valence-electron chi connectivity index (χ1n) is 31.8. The van der Waals surface area contributed by atoms with Gasteiger partial charge < -0.3 is 19.6 Å². The molecule has 0 aromatic carbocycles. The standard InChI is InChI=1S/C62H122N4/c1-2-3-45-60(64-54-37-26-18-10-5-11-19-27-38-55-64)46-32-33-47-61(65-56-39-28-20-12-6-13-21-29-40-57-65)49-44-50-62(66-58-41-30-22-14-7-15-23-31-42-59-66)48-34-43-53-63-51-35-24-16-8-4-9-17-25-36-52-63/h60-62H,2-59H2,1H3. The summed E-state index contributed by atoms with van der Waals surface area (Å²) in [5.74, 6) is 0. The lowest BCUT2D eigenvalue weighted by atomic mass is 9.94. The summed E-state index contributed by atoms with van der Waals surface area (Å²) in [4.78, 5) is 12.1. The molecule has 390 valence electrons. The number of unbranched alkanes of at least 4 members (excludes halogenated alkanes) is 3. The summed E-state index contributed by atoms with van der Waals surface area (Å²) in [5, 5.41) is 0. The Morgan fingerprint density at radius 1 is 0.227 bits per heavy atom. The van der Waals surface area contributed by atoms with Crippen LogP contribution in [0.1, 0.15) is 322 Å².